The monoisotopic (exact) mass is 556 g/mol. The lowest BCUT2D eigenvalue weighted by molar-refractivity contribution is -0.123. The number of nitrogens with one attached hydrogen (secondary N) is 2. The van der Waals surface area contributed by atoms with Crippen LogP contribution >= 0.6 is 0 Å². The fourth-order valence-electron chi connectivity index (χ4n) is 5.57. The Morgan fingerprint density at radius 3 is 2.80 bits per heavy atom. The van der Waals surface area contributed by atoms with E-state index in [9.17, 15) is 14.4 Å². The van der Waals surface area contributed by atoms with Crippen molar-refractivity contribution in [1.29, 1.82) is 0 Å². The van der Waals surface area contributed by atoms with Gasteiger partial charge in [-0.05, 0) is 43.7 Å². The fourth-order valence-corrected chi connectivity index (χ4v) is 5.57. The smallest absolute Gasteiger partial charge is 0.407 e. The van der Waals surface area contributed by atoms with Gasteiger partial charge in [-0.2, -0.15) is 0 Å². The minimum Gasteiger partial charge on any atom is -0.479 e. The van der Waals surface area contributed by atoms with E-state index in [2.05, 4.69) is 30.4 Å². The number of imidazole rings is 1. The highest BCUT2D eigenvalue weighted by Gasteiger charge is 2.60. The first kappa shape index (κ1) is 18.6. The standard InChI is InChI=1S/C26H31N9O5/c1-13-11-26(13,23(27)36)35-21-16(22(32-35)39-3)7-8-19(31-21)30-20-10-17-18(12-28-20)33(2)25(38)34(17)15-6-5-14(9-15)29-24(37)40-4/h7-8,10,12-15H,5-6,9,11H2,1-4H3,(H2,27,36)(H,29,37)(H,28,30,31)/t13-,14+,15+,26-/m0/s1/i2D3,3D3,14D. The van der Waals surface area contributed by atoms with Gasteiger partial charge in [-0.3, -0.25) is 13.9 Å². The van der Waals surface area contributed by atoms with Gasteiger partial charge in [0.15, 0.2) is 5.65 Å². The summed E-state index contributed by atoms with van der Waals surface area (Å²) in [5.74, 6) is -0.762. The van der Waals surface area contributed by atoms with Gasteiger partial charge >= 0.3 is 11.8 Å². The van der Waals surface area contributed by atoms with Gasteiger partial charge in [-0.1, -0.05) is 6.92 Å². The minimum absolute atomic E-state index is 0.0100. The number of nitrogens with zero attached hydrogens (tertiary/aromatic N) is 6. The molecular weight excluding hydrogens is 518 g/mol. The van der Waals surface area contributed by atoms with Crippen molar-refractivity contribution < 1.29 is 28.7 Å². The molecule has 2 aliphatic rings. The van der Waals surface area contributed by atoms with Gasteiger partial charge in [0.2, 0.25) is 11.8 Å². The number of methoxy groups -OCH3 is 2. The summed E-state index contributed by atoms with van der Waals surface area (Å²) in [5.41, 5.74) is 4.05. The molecule has 210 valence electrons. The van der Waals surface area contributed by atoms with Crippen molar-refractivity contribution in [3.05, 3.63) is 34.9 Å². The number of aromatic nitrogens is 6. The van der Waals surface area contributed by atoms with Gasteiger partial charge in [0.25, 0.3) is 0 Å². The maximum Gasteiger partial charge on any atom is 0.407 e. The van der Waals surface area contributed by atoms with E-state index in [1.165, 1.54) is 40.8 Å². The summed E-state index contributed by atoms with van der Waals surface area (Å²) in [6.45, 7) is -1.04. The Bertz CT molecular complexity index is 1990. The van der Waals surface area contributed by atoms with Crippen molar-refractivity contribution in [3.8, 4) is 5.88 Å². The zero-order valence-corrected chi connectivity index (χ0v) is 21.6. The Morgan fingerprint density at radius 1 is 1.27 bits per heavy atom. The number of alkyl carbamates (subject to hydrolysis) is 1. The summed E-state index contributed by atoms with van der Waals surface area (Å²) in [6.07, 6.45) is 1.28. The number of hydrogen-bond donors (Lipinski definition) is 3. The van der Waals surface area contributed by atoms with Crippen LogP contribution in [0.25, 0.3) is 22.1 Å². The molecule has 4 atom stereocenters. The molecule has 4 aromatic heterocycles. The molecule has 14 heteroatoms. The van der Waals surface area contributed by atoms with Crippen LogP contribution in [0, 0.1) is 5.92 Å². The van der Waals surface area contributed by atoms with E-state index in [0.29, 0.717) is 17.4 Å². The SMILES string of the molecule is [2H]C([2H])([2H])Oc1nn([C@@]2(C(N)=O)C[C@@H]2C)c2nc(Nc3cc4c(cn3)n(C([2H])([2H])[2H])c(=O)n4[C@@H]3CC[C@@]([2H])(NC(=O)OC)C3)ccc12. The number of hydrogen-bond acceptors (Lipinski definition) is 9. The summed E-state index contributed by atoms with van der Waals surface area (Å²) in [7, 11) is -1.65. The molecule has 2 amide bonds. The number of carbonyl (C=O) groups is 2. The molecular formula is C26H31N9O5. The lowest BCUT2D eigenvalue weighted by Gasteiger charge is -2.15. The molecule has 2 fully saturated rings. The predicted octanol–water partition coefficient (Wildman–Crippen LogP) is 1.90. The molecule has 0 unspecified atom stereocenters. The third kappa shape index (κ3) is 3.85. The predicted molar refractivity (Wildman–Crippen MR) is 146 cm³/mol. The van der Waals surface area contributed by atoms with Gasteiger partial charge in [0.05, 0.1) is 42.2 Å². The maximum absolute atomic E-state index is 13.6. The normalized spacial score (nSPS) is 28.9. The van der Waals surface area contributed by atoms with Crippen molar-refractivity contribution in [2.45, 2.75) is 50.2 Å². The van der Waals surface area contributed by atoms with E-state index in [4.69, 9.17) is 20.1 Å². The van der Waals surface area contributed by atoms with E-state index in [-0.39, 0.29) is 58.3 Å². The highest BCUT2D eigenvalue weighted by molar-refractivity contribution is 5.91. The summed E-state index contributed by atoms with van der Waals surface area (Å²) in [5, 5.41) is 9.99. The first-order valence-corrected chi connectivity index (χ1v) is 12.5. The average Bonchev–Trinajstić information content (AvgIpc) is 3.19. The van der Waals surface area contributed by atoms with Crippen LogP contribution in [0.2, 0.25) is 0 Å². The van der Waals surface area contributed by atoms with E-state index in [0.717, 1.165) is 0 Å². The number of aryl methyl sites for hydroxylation is 1. The number of ether oxygens (including phenoxy) is 2. The highest BCUT2D eigenvalue weighted by Crippen LogP contribution is 2.51. The molecule has 4 N–H and O–H groups in total. The van der Waals surface area contributed by atoms with Crippen LogP contribution in [0.5, 0.6) is 5.88 Å². The number of primary amides is 1. The Kier molecular flexibility index (Phi) is 4.30. The molecule has 2 aliphatic carbocycles. The summed E-state index contributed by atoms with van der Waals surface area (Å²) in [6, 6.07) is 2.41. The second-order valence-electron chi connectivity index (χ2n) is 10.1. The van der Waals surface area contributed by atoms with Crippen LogP contribution < -0.4 is 26.8 Å². The molecule has 0 spiro atoms. The Morgan fingerprint density at radius 2 is 2.10 bits per heavy atom. The number of fused-ring (bicyclic) bond motifs is 2. The molecule has 0 aliphatic heterocycles. The van der Waals surface area contributed by atoms with Crippen molar-refractivity contribution in [2.75, 3.05) is 19.5 Å². The van der Waals surface area contributed by atoms with Gasteiger partial charge in [-0.15, -0.1) is 5.10 Å². The van der Waals surface area contributed by atoms with Crippen LogP contribution in [-0.2, 0) is 22.0 Å². The van der Waals surface area contributed by atoms with E-state index >= 15 is 0 Å². The molecule has 0 saturated heterocycles. The van der Waals surface area contributed by atoms with Gasteiger partial charge in [0.1, 0.15) is 17.2 Å². The molecule has 40 heavy (non-hydrogen) atoms. The average molecular weight is 557 g/mol. The number of carbonyl (C=O) groups excluding carboxylic acids is 2. The van der Waals surface area contributed by atoms with Crippen LogP contribution in [-0.4, -0.2) is 61.0 Å². The summed E-state index contributed by atoms with van der Waals surface area (Å²) in [4.78, 5) is 46.8. The third-order valence-corrected chi connectivity index (χ3v) is 7.78. The number of pyridine rings is 2. The van der Waals surface area contributed by atoms with Crippen molar-refractivity contribution in [3.63, 3.8) is 0 Å². The first-order chi connectivity index (χ1) is 21.9. The molecule has 0 aromatic carbocycles. The Hall–Kier alpha value is -4.62. The fraction of sp³-hybridized carbons (Fsp3) is 0.462. The quantitative estimate of drug-likeness (QED) is 0.307. The Balaban J connectivity index is 1.42. The molecule has 4 aromatic rings. The maximum atomic E-state index is 13.6. The molecule has 14 nitrogen and oxygen atoms in total. The second-order valence-corrected chi connectivity index (χ2v) is 10.1. The number of nitrogens with two attached hydrogens (primary N) is 1. The lowest BCUT2D eigenvalue weighted by Crippen LogP contribution is -2.36. The largest absolute Gasteiger partial charge is 0.479 e. The third-order valence-electron chi connectivity index (χ3n) is 7.78. The molecule has 0 radical (unpaired) electrons. The summed E-state index contributed by atoms with van der Waals surface area (Å²) >= 11 is 0. The molecule has 4 heterocycles. The topological polar surface area (TPSA) is 173 Å². The van der Waals surface area contributed by atoms with E-state index < -0.39 is 49.3 Å². The van der Waals surface area contributed by atoms with E-state index in [1.54, 1.807) is 6.92 Å². The van der Waals surface area contributed by atoms with Crippen LogP contribution in [0.4, 0.5) is 16.4 Å². The van der Waals surface area contributed by atoms with Crippen molar-refractivity contribution >= 4 is 45.7 Å². The number of amides is 2. The van der Waals surface area contributed by atoms with Crippen molar-refractivity contribution in [1.82, 2.24) is 34.2 Å². The lowest BCUT2D eigenvalue weighted by atomic mass is 10.2. The van der Waals surface area contributed by atoms with Crippen LogP contribution in [0.1, 0.15) is 48.2 Å². The zero-order chi connectivity index (χ0) is 34.3. The minimum atomic E-state index is -2.84. The van der Waals surface area contributed by atoms with Crippen LogP contribution in [0.15, 0.2) is 29.2 Å². The van der Waals surface area contributed by atoms with Gasteiger partial charge in [0, 0.05) is 29.2 Å². The molecule has 0 bridgehead atoms. The van der Waals surface area contributed by atoms with Crippen molar-refractivity contribution in [2.24, 2.45) is 18.6 Å². The van der Waals surface area contributed by atoms with E-state index in [1.807, 2.05) is 0 Å². The number of anilines is 2. The molecule has 6 rings (SSSR count). The highest BCUT2D eigenvalue weighted by atomic mass is 16.5. The van der Waals surface area contributed by atoms with Gasteiger partial charge in [-0.25, -0.2) is 24.2 Å². The second kappa shape index (κ2) is 9.24. The number of rotatable bonds is 7. The summed E-state index contributed by atoms with van der Waals surface area (Å²) < 4.78 is 68.2. The first-order valence-electron chi connectivity index (χ1n) is 16.0. The zero-order valence-electron chi connectivity index (χ0n) is 28.6. The van der Waals surface area contributed by atoms with Crippen LogP contribution in [0.3, 0.4) is 0 Å². The molecule has 2 saturated carbocycles. The Labute approximate surface area is 238 Å². The van der Waals surface area contributed by atoms with Gasteiger partial charge < -0.3 is 25.8 Å².